The summed E-state index contributed by atoms with van der Waals surface area (Å²) in [5.74, 6) is 1.71. The predicted molar refractivity (Wildman–Crippen MR) is 137 cm³/mol. The average Bonchev–Trinajstić information content (AvgIpc) is 3.15. The van der Waals surface area contributed by atoms with Gasteiger partial charge in [0, 0.05) is 36.1 Å². The van der Waals surface area contributed by atoms with Gasteiger partial charge in [-0.3, -0.25) is 19.8 Å². The van der Waals surface area contributed by atoms with Crippen LogP contribution in [-0.4, -0.2) is 49.5 Å². The molecule has 0 radical (unpaired) electrons. The van der Waals surface area contributed by atoms with E-state index in [1.54, 1.807) is 32.4 Å². The molecular weight excluding hydrogens is 446 g/mol. The highest BCUT2D eigenvalue weighted by molar-refractivity contribution is 6.10. The molecule has 0 aliphatic carbocycles. The third-order valence-electron chi connectivity index (χ3n) is 5.67. The van der Waals surface area contributed by atoms with Crippen molar-refractivity contribution in [2.24, 2.45) is 4.99 Å². The molecule has 0 spiro atoms. The van der Waals surface area contributed by atoms with Crippen molar-refractivity contribution in [3.63, 3.8) is 0 Å². The Bertz CT molecular complexity index is 1200. The van der Waals surface area contributed by atoms with Crippen LogP contribution in [0.25, 0.3) is 0 Å². The van der Waals surface area contributed by atoms with Crippen LogP contribution in [0, 0.1) is 13.8 Å². The molecule has 9 nitrogen and oxygen atoms in total. The van der Waals surface area contributed by atoms with E-state index in [1.807, 2.05) is 35.9 Å². The largest absolute Gasteiger partial charge is 0.497 e. The molecule has 0 bridgehead atoms. The zero-order chi connectivity index (χ0) is 25.4. The summed E-state index contributed by atoms with van der Waals surface area (Å²) in [5.41, 5.74) is 4.45. The fraction of sp³-hybridized carbons (Fsp3) is 0.346. The Labute approximate surface area is 206 Å². The fourth-order valence-electron chi connectivity index (χ4n) is 3.79. The molecule has 3 aromatic rings. The Morgan fingerprint density at radius 2 is 1.80 bits per heavy atom. The molecule has 2 aromatic carbocycles. The van der Waals surface area contributed by atoms with Crippen molar-refractivity contribution in [3.05, 3.63) is 65.0 Å². The number of carbonyl (C=O) groups is 1. The number of rotatable bonds is 9. The Balaban J connectivity index is 1.83. The predicted octanol–water partition coefficient (Wildman–Crippen LogP) is 3.99. The zero-order valence-corrected chi connectivity index (χ0v) is 21.1. The lowest BCUT2D eigenvalue weighted by atomic mass is 10.1. The van der Waals surface area contributed by atoms with Gasteiger partial charge >= 0.3 is 0 Å². The van der Waals surface area contributed by atoms with E-state index in [1.165, 1.54) is 12.7 Å². The van der Waals surface area contributed by atoms with E-state index in [9.17, 15) is 4.79 Å². The summed E-state index contributed by atoms with van der Waals surface area (Å²) in [5, 5.41) is 10.7. The number of carbonyl (C=O) groups excluding carboxylic acids is 1. The summed E-state index contributed by atoms with van der Waals surface area (Å²) in [6.07, 6.45) is 0.702. The smallest absolute Gasteiger partial charge is 0.258 e. The number of amides is 1. The SMILES string of the molecule is CCn1nc(C)c(CCN=C(NC(=O)c2ccc(OC)c(OC)c2)Nc2cccc(OC)c2)c1C. The molecule has 0 fully saturated rings. The summed E-state index contributed by atoms with van der Waals surface area (Å²) >= 11 is 0. The van der Waals surface area contributed by atoms with Gasteiger partial charge in [-0.1, -0.05) is 6.07 Å². The summed E-state index contributed by atoms with van der Waals surface area (Å²) in [4.78, 5) is 17.7. The molecule has 1 aromatic heterocycles. The van der Waals surface area contributed by atoms with Crippen molar-refractivity contribution in [2.75, 3.05) is 33.2 Å². The van der Waals surface area contributed by atoms with Crippen molar-refractivity contribution in [2.45, 2.75) is 33.7 Å². The maximum atomic E-state index is 13.1. The van der Waals surface area contributed by atoms with Gasteiger partial charge in [-0.2, -0.15) is 5.10 Å². The van der Waals surface area contributed by atoms with Crippen LogP contribution in [0.15, 0.2) is 47.5 Å². The first-order valence-electron chi connectivity index (χ1n) is 11.4. The number of nitrogens with zero attached hydrogens (tertiary/aromatic N) is 3. The molecule has 2 N–H and O–H groups in total. The molecular formula is C26H33N5O4. The van der Waals surface area contributed by atoms with E-state index in [0.717, 1.165) is 23.6 Å². The minimum Gasteiger partial charge on any atom is -0.497 e. The average molecular weight is 480 g/mol. The molecule has 3 rings (SSSR count). The Hall–Kier alpha value is -4.01. The molecule has 0 unspecified atom stereocenters. The van der Waals surface area contributed by atoms with Crippen LogP contribution < -0.4 is 24.8 Å². The van der Waals surface area contributed by atoms with E-state index >= 15 is 0 Å². The second-order valence-electron chi connectivity index (χ2n) is 7.83. The van der Waals surface area contributed by atoms with Crippen LogP contribution in [0.5, 0.6) is 17.2 Å². The Morgan fingerprint density at radius 3 is 2.46 bits per heavy atom. The highest BCUT2D eigenvalue weighted by Crippen LogP contribution is 2.27. The number of aliphatic imine (C=N–C) groups is 1. The maximum Gasteiger partial charge on any atom is 0.258 e. The lowest BCUT2D eigenvalue weighted by molar-refractivity contribution is 0.0976. The number of anilines is 1. The van der Waals surface area contributed by atoms with Gasteiger partial charge in [-0.05, 0) is 63.1 Å². The first-order chi connectivity index (χ1) is 16.9. The van der Waals surface area contributed by atoms with E-state index in [-0.39, 0.29) is 5.91 Å². The number of ether oxygens (including phenoxy) is 3. The molecule has 0 aliphatic rings. The molecule has 186 valence electrons. The molecule has 0 saturated carbocycles. The van der Waals surface area contributed by atoms with Crippen LogP contribution in [0.4, 0.5) is 5.69 Å². The topological polar surface area (TPSA) is 99.0 Å². The van der Waals surface area contributed by atoms with Gasteiger partial charge in [0.25, 0.3) is 5.91 Å². The van der Waals surface area contributed by atoms with Gasteiger partial charge in [0.1, 0.15) is 5.75 Å². The summed E-state index contributed by atoms with van der Waals surface area (Å²) in [7, 11) is 4.68. The minimum absolute atomic E-state index is 0.328. The van der Waals surface area contributed by atoms with Gasteiger partial charge in [0.15, 0.2) is 11.5 Å². The van der Waals surface area contributed by atoms with Gasteiger partial charge in [0.2, 0.25) is 5.96 Å². The number of aryl methyl sites for hydroxylation is 2. The lowest BCUT2D eigenvalue weighted by Gasteiger charge is -2.14. The number of hydrogen-bond donors (Lipinski definition) is 2. The first-order valence-corrected chi connectivity index (χ1v) is 11.4. The third kappa shape index (κ3) is 6.32. The van der Waals surface area contributed by atoms with Crippen molar-refractivity contribution in [1.82, 2.24) is 15.1 Å². The van der Waals surface area contributed by atoms with E-state index in [0.29, 0.717) is 41.7 Å². The van der Waals surface area contributed by atoms with Crippen molar-refractivity contribution < 1.29 is 19.0 Å². The van der Waals surface area contributed by atoms with E-state index < -0.39 is 0 Å². The normalized spacial score (nSPS) is 11.2. The summed E-state index contributed by atoms with van der Waals surface area (Å²) in [6, 6.07) is 12.4. The quantitative estimate of drug-likeness (QED) is 0.356. The molecule has 0 saturated heterocycles. The van der Waals surface area contributed by atoms with Crippen LogP contribution >= 0.6 is 0 Å². The Kier molecular flexibility index (Phi) is 8.72. The second-order valence-corrected chi connectivity index (χ2v) is 7.83. The zero-order valence-electron chi connectivity index (χ0n) is 21.1. The lowest BCUT2D eigenvalue weighted by Crippen LogP contribution is -2.36. The molecule has 1 amide bonds. The highest BCUT2D eigenvalue weighted by atomic mass is 16.5. The van der Waals surface area contributed by atoms with Gasteiger partial charge in [-0.15, -0.1) is 0 Å². The number of hydrogen-bond acceptors (Lipinski definition) is 6. The van der Waals surface area contributed by atoms with E-state index in [4.69, 9.17) is 14.2 Å². The van der Waals surface area contributed by atoms with Crippen LogP contribution in [0.3, 0.4) is 0 Å². The molecule has 0 atom stereocenters. The van der Waals surface area contributed by atoms with Crippen molar-refractivity contribution in [3.8, 4) is 17.2 Å². The van der Waals surface area contributed by atoms with Gasteiger partial charge < -0.3 is 19.5 Å². The monoisotopic (exact) mass is 479 g/mol. The standard InChI is InChI=1S/C26H33N5O4/c1-7-31-18(3)22(17(2)30-31)13-14-27-26(28-20-9-8-10-21(16-20)33-4)29-25(32)19-11-12-23(34-5)24(15-19)35-6/h8-12,15-16H,7,13-14H2,1-6H3,(H2,27,28,29,32). The minimum atomic E-state index is -0.328. The highest BCUT2D eigenvalue weighted by Gasteiger charge is 2.14. The Morgan fingerprint density at radius 1 is 1.03 bits per heavy atom. The number of benzene rings is 2. The summed E-state index contributed by atoms with van der Waals surface area (Å²) in [6.45, 7) is 7.43. The third-order valence-corrected chi connectivity index (χ3v) is 5.67. The molecule has 35 heavy (non-hydrogen) atoms. The van der Waals surface area contributed by atoms with Gasteiger partial charge in [-0.25, -0.2) is 0 Å². The molecule has 9 heteroatoms. The number of aromatic nitrogens is 2. The van der Waals surface area contributed by atoms with Crippen LogP contribution in [0.2, 0.25) is 0 Å². The molecule has 0 aliphatic heterocycles. The fourth-order valence-corrected chi connectivity index (χ4v) is 3.79. The van der Waals surface area contributed by atoms with Gasteiger partial charge in [0.05, 0.1) is 27.0 Å². The van der Waals surface area contributed by atoms with Crippen LogP contribution in [-0.2, 0) is 13.0 Å². The molecule has 1 heterocycles. The number of nitrogens with one attached hydrogen (secondary N) is 2. The van der Waals surface area contributed by atoms with Crippen LogP contribution in [0.1, 0.15) is 34.2 Å². The second kappa shape index (κ2) is 11.9. The van der Waals surface area contributed by atoms with E-state index in [2.05, 4.69) is 34.6 Å². The first kappa shape index (κ1) is 25.6. The maximum absolute atomic E-state index is 13.1. The van der Waals surface area contributed by atoms with Crippen molar-refractivity contribution >= 4 is 17.6 Å². The van der Waals surface area contributed by atoms with Crippen molar-refractivity contribution in [1.29, 1.82) is 0 Å². The number of methoxy groups -OCH3 is 3. The number of guanidine groups is 1. The summed E-state index contributed by atoms with van der Waals surface area (Å²) < 4.78 is 17.9.